The van der Waals surface area contributed by atoms with E-state index in [9.17, 15) is 12.8 Å². The second-order valence-corrected chi connectivity index (χ2v) is 6.81. The maximum absolute atomic E-state index is 13.7. The van der Waals surface area contributed by atoms with E-state index in [2.05, 4.69) is 20.7 Å². The number of sulfonamides is 1. The zero-order valence-corrected chi connectivity index (χ0v) is 13.1. The molecule has 0 heterocycles. The van der Waals surface area contributed by atoms with E-state index in [1.165, 1.54) is 30.3 Å². The fraction of sp³-hybridized carbons (Fsp3) is 0. The summed E-state index contributed by atoms with van der Waals surface area (Å²) in [6.45, 7) is 0. The van der Waals surface area contributed by atoms with Crippen molar-refractivity contribution in [3.8, 4) is 0 Å². The van der Waals surface area contributed by atoms with Crippen molar-refractivity contribution in [3.05, 3.63) is 51.7 Å². The van der Waals surface area contributed by atoms with E-state index in [-0.39, 0.29) is 21.3 Å². The van der Waals surface area contributed by atoms with Gasteiger partial charge in [0.15, 0.2) is 5.82 Å². The van der Waals surface area contributed by atoms with E-state index < -0.39 is 15.8 Å². The monoisotopic (exact) mass is 378 g/mol. The summed E-state index contributed by atoms with van der Waals surface area (Å²) < 4.78 is 40.7. The van der Waals surface area contributed by atoms with Crippen molar-refractivity contribution in [2.24, 2.45) is 0 Å². The lowest BCUT2D eigenvalue weighted by atomic mass is 10.3. The highest BCUT2D eigenvalue weighted by Gasteiger charge is 2.20. The van der Waals surface area contributed by atoms with Crippen molar-refractivity contribution < 1.29 is 12.8 Å². The van der Waals surface area contributed by atoms with Gasteiger partial charge in [-0.25, -0.2) is 12.8 Å². The molecule has 8 heteroatoms. The smallest absolute Gasteiger partial charge is 0.263 e. The molecule has 0 radical (unpaired) electrons. The lowest BCUT2D eigenvalue weighted by molar-refractivity contribution is 0.598. The average Bonchev–Trinajstić information content (AvgIpc) is 2.37. The molecule has 3 N–H and O–H groups in total. The Morgan fingerprint density at radius 3 is 2.65 bits per heavy atom. The van der Waals surface area contributed by atoms with E-state index in [0.717, 1.165) is 0 Å². The molecule has 0 saturated heterocycles. The third kappa shape index (κ3) is 3.05. The van der Waals surface area contributed by atoms with Crippen LogP contribution in [-0.4, -0.2) is 8.42 Å². The minimum Gasteiger partial charge on any atom is -0.399 e. The first-order valence-electron chi connectivity index (χ1n) is 5.33. The molecular weight excluding hydrogens is 371 g/mol. The Kier molecular flexibility index (Phi) is 4.22. The van der Waals surface area contributed by atoms with E-state index >= 15 is 0 Å². The summed E-state index contributed by atoms with van der Waals surface area (Å²) in [5, 5.41) is -0.170. The van der Waals surface area contributed by atoms with Crippen LogP contribution in [0.5, 0.6) is 0 Å². The van der Waals surface area contributed by atoms with Crippen molar-refractivity contribution in [1.29, 1.82) is 0 Å². The first-order chi connectivity index (χ1) is 9.31. The number of nitrogens with two attached hydrogens (primary N) is 1. The molecule has 0 amide bonds. The van der Waals surface area contributed by atoms with Crippen molar-refractivity contribution in [2.75, 3.05) is 10.5 Å². The third-order valence-electron chi connectivity index (χ3n) is 2.44. The Hall–Kier alpha value is -1.31. The van der Waals surface area contributed by atoms with Gasteiger partial charge in [0.1, 0.15) is 4.90 Å². The molecule has 20 heavy (non-hydrogen) atoms. The molecule has 0 saturated carbocycles. The highest BCUT2D eigenvalue weighted by molar-refractivity contribution is 9.10. The van der Waals surface area contributed by atoms with E-state index in [4.69, 9.17) is 17.3 Å². The lowest BCUT2D eigenvalue weighted by Gasteiger charge is -2.11. The Bertz CT molecular complexity index is 768. The minimum absolute atomic E-state index is 0.0862. The molecule has 0 bridgehead atoms. The molecule has 0 unspecified atom stereocenters. The van der Waals surface area contributed by atoms with Gasteiger partial charge in [-0.1, -0.05) is 17.7 Å². The zero-order chi connectivity index (χ0) is 14.9. The fourth-order valence-electron chi connectivity index (χ4n) is 1.51. The molecule has 0 spiro atoms. The zero-order valence-electron chi connectivity index (χ0n) is 9.90. The Labute approximate surface area is 128 Å². The molecule has 4 nitrogen and oxygen atoms in total. The summed E-state index contributed by atoms with van der Waals surface area (Å²) in [6.07, 6.45) is 0. The van der Waals surface area contributed by atoms with Crippen LogP contribution in [-0.2, 0) is 10.0 Å². The van der Waals surface area contributed by atoms with Crippen LogP contribution in [0.4, 0.5) is 15.8 Å². The SMILES string of the molecule is Nc1ccc(Br)c(S(=O)(=O)Nc2cccc(Cl)c2F)c1. The molecule has 2 rings (SSSR count). The number of hydrogen-bond acceptors (Lipinski definition) is 3. The Morgan fingerprint density at radius 2 is 1.95 bits per heavy atom. The first kappa shape index (κ1) is 15.1. The fourth-order valence-corrected chi connectivity index (χ4v) is 3.74. The number of nitrogen functional groups attached to an aromatic ring is 1. The summed E-state index contributed by atoms with van der Waals surface area (Å²) in [6, 6.07) is 8.36. The van der Waals surface area contributed by atoms with Gasteiger partial charge >= 0.3 is 0 Å². The largest absolute Gasteiger partial charge is 0.399 e. The van der Waals surface area contributed by atoms with Crippen LogP contribution in [0.3, 0.4) is 0 Å². The van der Waals surface area contributed by atoms with Gasteiger partial charge < -0.3 is 5.73 Å². The highest BCUT2D eigenvalue weighted by atomic mass is 79.9. The van der Waals surface area contributed by atoms with Crippen molar-refractivity contribution in [3.63, 3.8) is 0 Å². The van der Waals surface area contributed by atoms with Crippen LogP contribution in [0.15, 0.2) is 45.8 Å². The van der Waals surface area contributed by atoms with E-state index in [1.807, 2.05) is 0 Å². The average molecular weight is 380 g/mol. The maximum Gasteiger partial charge on any atom is 0.263 e. The normalized spacial score (nSPS) is 11.3. The standard InChI is InChI=1S/C12H9BrClFN2O2S/c13-8-5-4-7(16)6-11(8)20(18,19)17-10-3-1-2-9(14)12(10)15/h1-6,17H,16H2. The molecule has 0 aromatic heterocycles. The van der Waals surface area contributed by atoms with Crippen LogP contribution in [0.1, 0.15) is 0 Å². The Balaban J connectivity index is 2.46. The molecule has 0 aliphatic rings. The maximum atomic E-state index is 13.7. The van der Waals surface area contributed by atoms with Crippen LogP contribution >= 0.6 is 27.5 Å². The molecule has 0 atom stereocenters. The highest BCUT2D eigenvalue weighted by Crippen LogP contribution is 2.28. The Morgan fingerprint density at radius 1 is 1.25 bits per heavy atom. The van der Waals surface area contributed by atoms with Gasteiger partial charge in [0, 0.05) is 10.2 Å². The minimum atomic E-state index is -3.98. The molecule has 2 aromatic carbocycles. The summed E-state index contributed by atoms with van der Waals surface area (Å²) in [4.78, 5) is -0.0862. The van der Waals surface area contributed by atoms with Gasteiger partial charge in [0.05, 0.1) is 10.7 Å². The predicted molar refractivity (Wildman–Crippen MR) is 80.8 cm³/mol. The van der Waals surface area contributed by atoms with Gasteiger partial charge in [-0.05, 0) is 46.3 Å². The molecular formula is C12H9BrClFN2O2S. The number of rotatable bonds is 3. The lowest BCUT2D eigenvalue weighted by Crippen LogP contribution is -2.15. The number of benzene rings is 2. The number of anilines is 2. The second-order valence-electron chi connectivity index (χ2n) is 3.90. The van der Waals surface area contributed by atoms with Crippen LogP contribution in [0.25, 0.3) is 0 Å². The summed E-state index contributed by atoms with van der Waals surface area (Å²) in [5.74, 6) is -0.835. The molecule has 0 aliphatic heterocycles. The van der Waals surface area contributed by atoms with Crippen LogP contribution in [0.2, 0.25) is 5.02 Å². The van der Waals surface area contributed by atoms with E-state index in [1.54, 1.807) is 6.07 Å². The molecule has 2 aromatic rings. The number of hydrogen-bond donors (Lipinski definition) is 2. The van der Waals surface area contributed by atoms with Crippen LogP contribution < -0.4 is 10.5 Å². The quantitative estimate of drug-likeness (QED) is 0.800. The molecule has 0 fully saturated rings. The van der Waals surface area contributed by atoms with Crippen molar-refractivity contribution in [1.82, 2.24) is 0 Å². The van der Waals surface area contributed by atoms with Gasteiger partial charge in [-0.15, -0.1) is 0 Å². The third-order valence-corrected chi connectivity index (χ3v) is 5.09. The number of nitrogens with one attached hydrogen (secondary N) is 1. The van der Waals surface area contributed by atoms with E-state index in [0.29, 0.717) is 4.47 Å². The van der Waals surface area contributed by atoms with Gasteiger partial charge in [0.25, 0.3) is 10.0 Å². The van der Waals surface area contributed by atoms with Gasteiger partial charge in [-0.3, -0.25) is 4.72 Å². The molecule has 106 valence electrons. The summed E-state index contributed by atoms with van der Waals surface area (Å²) >= 11 is 8.72. The van der Waals surface area contributed by atoms with Crippen molar-refractivity contribution in [2.45, 2.75) is 4.90 Å². The topological polar surface area (TPSA) is 72.2 Å². The van der Waals surface area contributed by atoms with Crippen LogP contribution in [0, 0.1) is 5.82 Å². The predicted octanol–water partition coefficient (Wildman–Crippen LogP) is 3.62. The first-order valence-corrected chi connectivity index (χ1v) is 7.98. The summed E-state index contributed by atoms with van der Waals surface area (Å²) in [7, 11) is -3.98. The summed E-state index contributed by atoms with van der Waals surface area (Å²) in [5.41, 5.74) is 5.61. The van der Waals surface area contributed by atoms with Crippen molar-refractivity contribution >= 4 is 48.9 Å². The molecule has 0 aliphatic carbocycles. The van der Waals surface area contributed by atoms with Gasteiger partial charge in [0.2, 0.25) is 0 Å². The number of halogens is 3. The van der Waals surface area contributed by atoms with Gasteiger partial charge in [-0.2, -0.15) is 0 Å². The second kappa shape index (κ2) is 5.59.